The van der Waals surface area contributed by atoms with Gasteiger partial charge in [-0.2, -0.15) is 5.26 Å². The van der Waals surface area contributed by atoms with E-state index in [1.807, 2.05) is 24.3 Å². The van der Waals surface area contributed by atoms with Gasteiger partial charge in [0.05, 0.1) is 25.0 Å². The quantitative estimate of drug-likeness (QED) is 0.838. The van der Waals surface area contributed by atoms with Crippen molar-refractivity contribution in [3.63, 3.8) is 0 Å². The maximum atomic E-state index is 12.2. The van der Waals surface area contributed by atoms with Crippen molar-refractivity contribution in [1.29, 1.82) is 5.26 Å². The van der Waals surface area contributed by atoms with Crippen LogP contribution >= 0.6 is 15.9 Å². The molecule has 0 bridgehead atoms. The molecule has 1 amide bonds. The van der Waals surface area contributed by atoms with Crippen LogP contribution in [0.1, 0.15) is 0 Å². The molecule has 2 rings (SSSR count). The molecule has 5 heteroatoms. The third-order valence-electron chi connectivity index (χ3n) is 2.84. The number of anilines is 1. The van der Waals surface area contributed by atoms with Crippen molar-refractivity contribution < 1.29 is 9.53 Å². The first-order valence-corrected chi connectivity index (χ1v) is 5.92. The van der Waals surface area contributed by atoms with Gasteiger partial charge in [-0.25, -0.2) is 0 Å². The molecule has 1 aliphatic heterocycles. The second-order valence-electron chi connectivity index (χ2n) is 4.00. The molecule has 0 atom stereocenters. The molecule has 1 fully saturated rings. The van der Waals surface area contributed by atoms with E-state index < -0.39 is 5.41 Å². The predicted octanol–water partition coefficient (Wildman–Crippen LogP) is 1.95. The predicted molar refractivity (Wildman–Crippen MR) is 66.4 cm³/mol. The molecule has 4 nitrogen and oxygen atoms in total. The first kappa shape index (κ1) is 12.1. The topological polar surface area (TPSA) is 53.3 Å². The smallest absolute Gasteiger partial charge is 0.252 e. The monoisotopic (exact) mass is 294 g/mol. The van der Waals surface area contributed by atoms with Crippen LogP contribution in [0.15, 0.2) is 28.7 Å². The average Bonchev–Trinajstić information content (AvgIpc) is 2.28. The zero-order valence-electron chi connectivity index (χ0n) is 9.31. The van der Waals surface area contributed by atoms with Crippen molar-refractivity contribution in [1.82, 2.24) is 0 Å². The molecule has 0 radical (unpaired) electrons. The van der Waals surface area contributed by atoms with E-state index in [1.54, 1.807) is 7.05 Å². The van der Waals surface area contributed by atoms with Gasteiger partial charge in [0.2, 0.25) is 0 Å². The minimum atomic E-state index is -1.01. The molecule has 1 saturated heterocycles. The molecule has 17 heavy (non-hydrogen) atoms. The molecule has 0 aromatic heterocycles. The fraction of sp³-hybridized carbons (Fsp3) is 0.333. The molecule has 0 saturated carbocycles. The van der Waals surface area contributed by atoms with Crippen LogP contribution in [0.25, 0.3) is 0 Å². The number of halogens is 1. The number of carbonyl (C=O) groups is 1. The lowest BCUT2D eigenvalue weighted by atomic mass is 9.86. The number of nitriles is 1. The van der Waals surface area contributed by atoms with Crippen LogP contribution in [-0.2, 0) is 9.53 Å². The molecule has 0 aliphatic carbocycles. The van der Waals surface area contributed by atoms with Gasteiger partial charge in [0, 0.05) is 11.5 Å². The Morgan fingerprint density at radius 1 is 1.53 bits per heavy atom. The first-order chi connectivity index (χ1) is 8.10. The van der Waals surface area contributed by atoms with Gasteiger partial charge < -0.3 is 9.64 Å². The summed E-state index contributed by atoms with van der Waals surface area (Å²) >= 11 is 3.39. The number of rotatable bonds is 2. The molecular formula is C12H11BrN2O2. The lowest BCUT2D eigenvalue weighted by Crippen LogP contribution is -2.53. The van der Waals surface area contributed by atoms with Gasteiger partial charge in [-0.05, 0) is 28.1 Å². The first-order valence-electron chi connectivity index (χ1n) is 5.12. The van der Waals surface area contributed by atoms with E-state index in [9.17, 15) is 4.79 Å². The number of hydrogen-bond donors (Lipinski definition) is 0. The molecule has 0 N–H and O–H groups in total. The number of benzene rings is 1. The zero-order chi connectivity index (χ0) is 12.5. The van der Waals surface area contributed by atoms with E-state index >= 15 is 0 Å². The third kappa shape index (κ3) is 1.94. The Balaban J connectivity index is 2.27. The zero-order valence-corrected chi connectivity index (χ0v) is 10.9. The van der Waals surface area contributed by atoms with Crippen LogP contribution in [0.3, 0.4) is 0 Å². The second kappa shape index (κ2) is 4.47. The Bertz CT molecular complexity index is 492. The van der Waals surface area contributed by atoms with Gasteiger partial charge in [-0.1, -0.05) is 12.1 Å². The van der Waals surface area contributed by atoms with E-state index in [0.29, 0.717) is 0 Å². The van der Waals surface area contributed by atoms with Crippen LogP contribution in [-0.4, -0.2) is 26.2 Å². The SMILES string of the molecule is CN(C(=O)C1(C#N)COC1)c1ccccc1Br. The standard InChI is InChI=1S/C12H11BrN2O2/c1-15(10-5-3-2-4-9(10)13)11(16)12(6-14)7-17-8-12/h2-5H,7-8H2,1H3. The highest BCUT2D eigenvalue weighted by Gasteiger charge is 2.48. The normalized spacial score (nSPS) is 16.8. The van der Waals surface area contributed by atoms with E-state index in [1.165, 1.54) is 4.90 Å². The van der Waals surface area contributed by atoms with Crippen molar-refractivity contribution in [2.24, 2.45) is 5.41 Å². The summed E-state index contributed by atoms with van der Waals surface area (Å²) < 4.78 is 5.81. The number of nitrogens with zero attached hydrogens (tertiary/aromatic N) is 2. The highest BCUT2D eigenvalue weighted by atomic mass is 79.9. The maximum Gasteiger partial charge on any atom is 0.252 e. The van der Waals surface area contributed by atoms with Gasteiger partial charge >= 0.3 is 0 Å². The Hall–Kier alpha value is -1.38. The molecular weight excluding hydrogens is 284 g/mol. The van der Waals surface area contributed by atoms with E-state index in [2.05, 4.69) is 22.0 Å². The summed E-state index contributed by atoms with van der Waals surface area (Å²) in [5, 5.41) is 9.08. The Morgan fingerprint density at radius 2 is 2.18 bits per heavy atom. The van der Waals surface area contributed by atoms with Crippen LogP contribution in [0.5, 0.6) is 0 Å². The van der Waals surface area contributed by atoms with Crippen molar-refractivity contribution in [2.45, 2.75) is 0 Å². The number of carbonyl (C=O) groups excluding carboxylic acids is 1. The van der Waals surface area contributed by atoms with E-state index in [4.69, 9.17) is 10.00 Å². The number of amides is 1. The van der Waals surface area contributed by atoms with Crippen molar-refractivity contribution >= 4 is 27.5 Å². The molecule has 1 aromatic rings. The summed E-state index contributed by atoms with van der Waals surface area (Å²) in [5.74, 6) is -0.224. The lowest BCUT2D eigenvalue weighted by molar-refractivity contribution is -0.146. The Morgan fingerprint density at radius 3 is 2.65 bits per heavy atom. The highest BCUT2D eigenvalue weighted by molar-refractivity contribution is 9.10. The lowest BCUT2D eigenvalue weighted by Gasteiger charge is -2.36. The molecule has 0 unspecified atom stereocenters. The van der Waals surface area contributed by atoms with E-state index in [0.717, 1.165) is 10.2 Å². The largest absolute Gasteiger partial charge is 0.377 e. The van der Waals surface area contributed by atoms with Gasteiger partial charge in [0.1, 0.15) is 0 Å². The maximum absolute atomic E-state index is 12.2. The van der Waals surface area contributed by atoms with Crippen molar-refractivity contribution in [3.8, 4) is 6.07 Å². The summed E-state index contributed by atoms with van der Waals surface area (Å²) in [5.41, 5.74) is -0.261. The van der Waals surface area contributed by atoms with Crippen LogP contribution in [0, 0.1) is 16.7 Å². The summed E-state index contributed by atoms with van der Waals surface area (Å²) in [6.45, 7) is 0.355. The molecule has 1 aliphatic rings. The van der Waals surface area contributed by atoms with Gasteiger partial charge in [0.15, 0.2) is 5.41 Å². The van der Waals surface area contributed by atoms with Crippen molar-refractivity contribution in [3.05, 3.63) is 28.7 Å². The number of ether oxygens (including phenoxy) is 1. The summed E-state index contributed by atoms with van der Waals surface area (Å²) in [6, 6.07) is 9.46. The highest BCUT2D eigenvalue weighted by Crippen LogP contribution is 2.33. The number of hydrogen-bond acceptors (Lipinski definition) is 3. The van der Waals surface area contributed by atoms with Crippen LogP contribution in [0.2, 0.25) is 0 Å². The van der Waals surface area contributed by atoms with E-state index in [-0.39, 0.29) is 19.1 Å². The summed E-state index contributed by atoms with van der Waals surface area (Å²) in [6.07, 6.45) is 0. The van der Waals surface area contributed by atoms with Gasteiger partial charge in [0.25, 0.3) is 5.91 Å². The van der Waals surface area contributed by atoms with Crippen LogP contribution in [0.4, 0.5) is 5.69 Å². The van der Waals surface area contributed by atoms with Crippen LogP contribution < -0.4 is 4.90 Å². The average molecular weight is 295 g/mol. The third-order valence-corrected chi connectivity index (χ3v) is 3.51. The minimum absolute atomic E-state index is 0.178. The molecule has 1 heterocycles. The van der Waals surface area contributed by atoms with Gasteiger partial charge in [-0.15, -0.1) is 0 Å². The fourth-order valence-corrected chi connectivity index (χ4v) is 2.25. The number of para-hydroxylation sites is 1. The summed E-state index contributed by atoms with van der Waals surface area (Å²) in [7, 11) is 1.67. The molecule has 88 valence electrons. The van der Waals surface area contributed by atoms with Gasteiger partial charge in [-0.3, -0.25) is 4.79 Å². The summed E-state index contributed by atoms with van der Waals surface area (Å²) in [4.78, 5) is 13.7. The minimum Gasteiger partial charge on any atom is -0.377 e. The van der Waals surface area contributed by atoms with Crippen molar-refractivity contribution in [2.75, 3.05) is 25.2 Å². The Labute approximate surface area is 108 Å². The fourth-order valence-electron chi connectivity index (χ4n) is 1.70. The second-order valence-corrected chi connectivity index (χ2v) is 4.86. The molecule has 1 aromatic carbocycles. The molecule has 0 spiro atoms. The Kier molecular flexibility index (Phi) is 3.18.